The maximum absolute atomic E-state index is 13.4. The topological polar surface area (TPSA) is 296 Å². The molecule has 1 heterocycles. The monoisotopic (exact) mass is 634 g/mol. The second-order valence-corrected chi connectivity index (χ2v) is 10.3. The third-order valence-corrected chi connectivity index (χ3v) is 6.66. The number of carbonyl (C=O) groups excluding carboxylic acids is 6. The van der Waals surface area contributed by atoms with Gasteiger partial charge in [0.25, 0.3) is 5.91 Å². The van der Waals surface area contributed by atoms with Crippen LogP contribution in [0.2, 0.25) is 0 Å². The van der Waals surface area contributed by atoms with E-state index in [1.165, 1.54) is 38.1 Å². The number of aliphatic carboxylic acids is 1. The van der Waals surface area contributed by atoms with Crippen LogP contribution in [0.15, 0.2) is 29.3 Å². The van der Waals surface area contributed by atoms with Gasteiger partial charge in [0.2, 0.25) is 29.5 Å². The van der Waals surface area contributed by atoms with Crippen LogP contribution in [0, 0.1) is 0 Å². The van der Waals surface area contributed by atoms with Gasteiger partial charge >= 0.3 is 5.97 Å². The van der Waals surface area contributed by atoms with Crippen LogP contribution in [0.3, 0.4) is 0 Å². The molecule has 0 saturated carbocycles. The maximum atomic E-state index is 13.4. The summed E-state index contributed by atoms with van der Waals surface area (Å²) >= 11 is 0. The fourth-order valence-electron chi connectivity index (χ4n) is 4.41. The van der Waals surface area contributed by atoms with Gasteiger partial charge in [-0.1, -0.05) is 12.1 Å². The Morgan fingerprint density at radius 1 is 1.00 bits per heavy atom. The van der Waals surface area contributed by atoms with Crippen molar-refractivity contribution in [2.45, 2.75) is 69.7 Å². The number of likely N-dealkylation sites (tertiary alicyclic amines) is 1. The van der Waals surface area contributed by atoms with E-state index in [1.54, 1.807) is 0 Å². The molecule has 0 radical (unpaired) electrons. The van der Waals surface area contributed by atoms with Gasteiger partial charge in [-0.2, -0.15) is 0 Å². The number of carboxylic acids is 1. The van der Waals surface area contributed by atoms with Crippen LogP contribution in [-0.2, 0) is 40.0 Å². The van der Waals surface area contributed by atoms with Gasteiger partial charge in [0.15, 0.2) is 5.96 Å². The number of imide groups is 1. The molecule has 0 spiro atoms. The molecule has 1 fully saturated rings. The molecule has 1 aliphatic rings. The lowest BCUT2D eigenvalue weighted by Gasteiger charge is -2.28. The number of carbonyl (C=O) groups is 7. The van der Waals surface area contributed by atoms with Crippen molar-refractivity contribution in [1.82, 2.24) is 26.2 Å². The molecule has 18 heteroatoms. The Morgan fingerprint density at radius 2 is 1.62 bits per heavy atom. The van der Waals surface area contributed by atoms with Gasteiger partial charge in [-0.05, 0) is 37.5 Å². The maximum Gasteiger partial charge on any atom is 0.328 e. The number of aliphatic hydroxyl groups excluding tert-OH is 1. The predicted molar refractivity (Wildman–Crippen MR) is 156 cm³/mol. The number of phenolic OH excluding ortho intramolecular Hbond substituents is 1. The summed E-state index contributed by atoms with van der Waals surface area (Å²) in [6, 6.07) is -1.32. The lowest BCUT2D eigenvalue weighted by molar-refractivity contribution is -0.148. The summed E-state index contributed by atoms with van der Waals surface area (Å²) in [5, 5.41) is 37.4. The normalized spacial score (nSPS) is 17.0. The van der Waals surface area contributed by atoms with E-state index >= 15 is 0 Å². The van der Waals surface area contributed by atoms with Gasteiger partial charge in [-0.15, -0.1) is 0 Å². The zero-order valence-corrected chi connectivity index (χ0v) is 24.7. The number of rotatable bonds is 16. The molecule has 6 amide bonds. The summed E-state index contributed by atoms with van der Waals surface area (Å²) in [5.74, 6) is -6.59. The molecule has 45 heavy (non-hydrogen) atoms. The van der Waals surface area contributed by atoms with E-state index < -0.39 is 78.2 Å². The quantitative estimate of drug-likeness (QED) is 0.0366. The molecule has 0 aliphatic carbocycles. The zero-order chi connectivity index (χ0) is 33.8. The van der Waals surface area contributed by atoms with Crippen LogP contribution in [0.25, 0.3) is 0 Å². The lowest BCUT2D eigenvalue weighted by atomic mass is 10.0. The van der Waals surface area contributed by atoms with Crippen molar-refractivity contribution in [2.24, 2.45) is 16.5 Å². The Balaban J connectivity index is 2.24. The minimum Gasteiger partial charge on any atom is -0.508 e. The van der Waals surface area contributed by atoms with E-state index in [1.807, 2.05) is 0 Å². The number of nitrogens with zero attached hydrogens (tertiary/aromatic N) is 2. The number of nitrogens with two attached hydrogens (primary N) is 2. The second kappa shape index (κ2) is 16.6. The first-order chi connectivity index (χ1) is 21.1. The number of aromatic hydroxyl groups is 1. The average Bonchev–Trinajstić information content (AvgIpc) is 3.23. The number of aliphatic imine (C=N–C) groups is 1. The highest BCUT2D eigenvalue weighted by atomic mass is 16.4. The SMILES string of the molecule is CC(=O)N[C@H]1CC(=O)N([C@@H](CCCN=C(N)N)C(=O)N[C@@H](C)C(=O)N[C@@H](Cc2ccc(O)cc2)C(=O)N[C@@H](CO)C(=O)O)C1=O. The third kappa shape index (κ3) is 10.8. The van der Waals surface area contributed by atoms with Crippen LogP contribution in [0.4, 0.5) is 0 Å². The lowest BCUT2D eigenvalue weighted by Crippen LogP contribution is -2.58. The van der Waals surface area contributed by atoms with E-state index in [2.05, 4.69) is 26.3 Å². The van der Waals surface area contributed by atoms with E-state index in [-0.39, 0.29) is 43.9 Å². The van der Waals surface area contributed by atoms with Gasteiger partial charge < -0.3 is 48.1 Å². The largest absolute Gasteiger partial charge is 0.508 e. The number of phenols is 1. The van der Waals surface area contributed by atoms with Gasteiger partial charge in [-0.25, -0.2) is 4.79 Å². The van der Waals surface area contributed by atoms with E-state index in [4.69, 9.17) is 11.5 Å². The molecule has 0 aromatic heterocycles. The molecular formula is C27H38N8O10. The van der Waals surface area contributed by atoms with Crippen molar-refractivity contribution < 1.29 is 48.9 Å². The Bertz CT molecular complexity index is 1310. The van der Waals surface area contributed by atoms with E-state index in [9.17, 15) is 48.9 Å². The molecule has 246 valence electrons. The van der Waals surface area contributed by atoms with Crippen molar-refractivity contribution in [3.63, 3.8) is 0 Å². The number of carboxylic acid groups (broad SMARTS) is 1. The van der Waals surface area contributed by atoms with Crippen molar-refractivity contribution in [3.05, 3.63) is 29.8 Å². The molecule has 1 aromatic carbocycles. The Kier molecular flexibility index (Phi) is 13.2. The van der Waals surface area contributed by atoms with Crippen LogP contribution in [0.1, 0.15) is 38.7 Å². The number of guanidine groups is 1. The molecule has 5 atom stereocenters. The molecule has 18 nitrogen and oxygen atoms in total. The first-order valence-electron chi connectivity index (χ1n) is 13.9. The van der Waals surface area contributed by atoms with Crippen LogP contribution < -0.4 is 32.7 Å². The Morgan fingerprint density at radius 3 is 2.18 bits per heavy atom. The average molecular weight is 635 g/mol. The van der Waals surface area contributed by atoms with Gasteiger partial charge in [0, 0.05) is 19.9 Å². The first-order valence-corrected chi connectivity index (χ1v) is 13.9. The van der Waals surface area contributed by atoms with Crippen molar-refractivity contribution in [1.29, 1.82) is 0 Å². The molecule has 1 saturated heterocycles. The molecular weight excluding hydrogens is 596 g/mol. The Hall–Kier alpha value is -5.26. The Labute approximate surface area is 257 Å². The van der Waals surface area contributed by atoms with Crippen molar-refractivity contribution in [2.75, 3.05) is 13.2 Å². The molecule has 0 bridgehead atoms. The highest BCUT2D eigenvalue weighted by molar-refractivity contribution is 6.10. The fraction of sp³-hybridized carbons (Fsp3) is 0.481. The molecule has 11 N–H and O–H groups in total. The van der Waals surface area contributed by atoms with Gasteiger partial charge in [-0.3, -0.25) is 38.7 Å². The number of amides is 6. The van der Waals surface area contributed by atoms with Crippen molar-refractivity contribution in [3.8, 4) is 5.75 Å². The van der Waals surface area contributed by atoms with Gasteiger partial charge in [0.1, 0.15) is 36.0 Å². The molecule has 0 unspecified atom stereocenters. The number of hydrogen-bond acceptors (Lipinski definition) is 10. The standard InChI is InChI=1S/C27H38N8O10/c1-13(22(40)33-17(10-15-5-7-16(38)8-6-15)23(41)34-19(12-36)26(44)45)31-24(42)20(4-3-9-30-27(28)29)35-21(39)11-18(25(35)43)32-14(2)37/h5-8,13,17-20,36,38H,3-4,9-12H2,1-2H3,(H,31,42)(H,32,37)(H,33,40)(H,34,41)(H,44,45)(H4,28,29,30)/t13-,17-,18-,19-,20-/m0/s1. The third-order valence-electron chi connectivity index (χ3n) is 6.66. The first kappa shape index (κ1) is 35.9. The van der Waals surface area contributed by atoms with E-state index in [0.29, 0.717) is 5.56 Å². The van der Waals surface area contributed by atoms with Crippen LogP contribution in [-0.4, -0.2) is 111 Å². The summed E-state index contributed by atoms with van der Waals surface area (Å²) < 4.78 is 0. The molecule has 1 aromatic rings. The number of aliphatic hydroxyl groups is 1. The fourth-order valence-corrected chi connectivity index (χ4v) is 4.41. The number of benzene rings is 1. The minimum absolute atomic E-state index is 0.0578. The summed E-state index contributed by atoms with van der Waals surface area (Å²) in [5.41, 5.74) is 11.1. The van der Waals surface area contributed by atoms with Crippen LogP contribution >= 0.6 is 0 Å². The summed E-state index contributed by atoms with van der Waals surface area (Å²) in [6.45, 7) is 1.59. The molecule has 2 rings (SSSR count). The number of hydrogen-bond donors (Lipinski definition) is 9. The number of nitrogens with one attached hydrogen (secondary N) is 4. The molecule has 1 aliphatic heterocycles. The summed E-state index contributed by atoms with van der Waals surface area (Å²) in [6.07, 6.45) is -0.468. The summed E-state index contributed by atoms with van der Waals surface area (Å²) in [7, 11) is 0. The van der Waals surface area contributed by atoms with Crippen molar-refractivity contribution >= 4 is 47.4 Å². The van der Waals surface area contributed by atoms with E-state index in [0.717, 1.165) is 4.90 Å². The highest BCUT2D eigenvalue weighted by Crippen LogP contribution is 2.20. The van der Waals surface area contributed by atoms with Crippen LogP contribution in [0.5, 0.6) is 5.75 Å². The zero-order valence-electron chi connectivity index (χ0n) is 24.7. The highest BCUT2D eigenvalue weighted by Gasteiger charge is 2.45. The predicted octanol–water partition coefficient (Wildman–Crippen LogP) is -3.83. The second-order valence-electron chi connectivity index (χ2n) is 10.3. The minimum atomic E-state index is -1.66. The van der Waals surface area contributed by atoms with Gasteiger partial charge in [0.05, 0.1) is 13.0 Å². The summed E-state index contributed by atoms with van der Waals surface area (Å²) in [4.78, 5) is 92.6. The smallest absolute Gasteiger partial charge is 0.328 e.